The molecule has 6 heteroatoms. The zero-order valence-corrected chi connectivity index (χ0v) is 16.0. The summed E-state index contributed by atoms with van der Waals surface area (Å²) in [7, 11) is 0. The number of hydrogen-bond donors (Lipinski definition) is 1. The number of rotatable bonds is 5. The molecule has 2 nitrogen and oxygen atoms in total. The number of hydrogen-bond acceptors (Lipinski definition) is 1. The molecule has 0 aliphatic carbocycles. The minimum atomic E-state index is -4.43. The van der Waals surface area contributed by atoms with Crippen molar-refractivity contribution in [3.8, 4) is 0 Å². The minimum absolute atomic E-state index is 0.0323. The Morgan fingerprint density at radius 2 is 1.62 bits per heavy atom. The summed E-state index contributed by atoms with van der Waals surface area (Å²) in [5, 5.41) is 3.19. The molecule has 3 aromatic carbocycles. The molecule has 0 saturated heterocycles. The zero-order valence-electron chi connectivity index (χ0n) is 15.2. The summed E-state index contributed by atoms with van der Waals surface area (Å²) in [6.45, 7) is -0.0323. The lowest BCUT2D eigenvalue weighted by Gasteiger charge is -2.12. The summed E-state index contributed by atoms with van der Waals surface area (Å²) >= 11 is 6.21. The van der Waals surface area contributed by atoms with Gasteiger partial charge >= 0.3 is 6.18 Å². The molecule has 0 fully saturated rings. The van der Waals surface area contributed by atoms with E-state index in [1.54, 1.807) is 54.6 Å². The molecule has 0 aliphatic heterocycles. The van der Waals surface area contributed by atoms with E-state index in [1.165, 1.54) is 12.1 Å². The SMILES string of the molecule is O=C(NCc1cccc(C(F)(F)F)c1)/C(=C/c1ccccc1Cl)c1ccccc1. The maximum Gasteiger partial charge on any atom is 0.416 e. The van der Waals surface area contributed by atoms with Crippen LogP contribution in [0.15, 0.2) is 78.9 Å². The summed E-state index contributed by atoms with van der Waals surface area (Å²) < 4.78 is 38.7. The van der Waals surface area contributed by atoms with Crippen molar-refractivity contribution in [2.45, 2.75) is 12.7 Å². The maximum atomic E-state index is 12.9. The van der Waals surface area contributed by atoms with Gasteiger partial charge in [-0.05, 0) is 41.0 Å². The van der Waals surface area contributed by atoms with Gasteiger partial charge in [0.1, 0.15) is 0 Å². The van der Waals surface area contributed by atoms with E-state index in [0.717, 1.165) is 12.1 Å². The van der Waals surface area contributed by atoms with Gasteiger partial charge in [0.2, 0.25) is 0 Å². The molecule has 0 bridgehead atoms. The standard InChI is InChI=1S/C23H17ClF3NO/c24-21-12-5-4-10-18(21)14-20(17-8-2-1-3-9-17)22(29)28-15-16-7-6-11-19(13-16)23(25,26)27/h1-14H,15H2,(H,28,29)/b20-14+. The van der Waals surface area contributed by atoms with Crippen LogP contribution in [-0.2, 0) is 17.5 Å². The highest BCUT2D eigenvalue weighted by molar-refractivity contribution is 6.33. The quantitative estimate of drug-likeness (QED) is 0.389. The van der Waals surface area contributed by atoms with Gasteiger partial charge in [0, 0.05) is 17.1 Å². The highest BCUT2D eigenvalue weighted by atomic mass is 35.5. The Morgan fingerprint density at radius 3 is 2.31 bits per heavy atom. The number of benzene rings is 3. The molecule has 0 aliphatic rings. The van der Waals surface area contributed by atoms with Crippen LogP contribution < -0.4 is 5.32 Å². The molecule has 0 atom stereocenters. The van der Waals surface area contributed by atoms with Crippen molar-refractivity contribution in [3.05, 3.63) is 106 Å². The van der Waals surface area contributed by atoms with Gasteiger partial charge in [-0.2, -0.15) is 13.2 Å². The fourth-order valence-electron chi connectivity index (χ4n) is 2.78. The van der Waals surface area contributed by atoms with Crippen LogP contribution in [0.1, 0.15) is 22.3 Å². The molecule has 0 heterocycles. The van der Waals surface area contributed by atoms with Crippen molar-refractivity contribution in [1.82, 2.24) is 5.32 Å². The predicted molar refractivity (Wildman–Crippen MR) is 109 cm³/mol. The Labute approximate surface area is 171 Å². The fraction of sp³-hybridized carbons (Fsp3) is 0.0870. The van der Waals surface area contributed by atoms with Crippen molar-refractivity contribution in [2.24, 2.45) is 0 Å². The second-order valence-electron chi connectivity index (χ2n) is 6.33. The number of carbonyl (C=O) groups is 1. The maximum absolute atomic E-state index is 12.9. The molecule has 1 amide bonds. The first-order chi connectivity index (χ1) is 13.8. The molecule has 3 aromatic rings. The predicted octanol–water partition coefficient (Wildman–Crippen LogP) is 6.22. The molecular weight excluding hydrogens is 399 g/mol. The Bertz CT molecular complexity index is 1030. The number of halogens is 4. The number of nitrogens with one attached hydrogen (secondary N) is 1. The van der Waals surface area contributed by atoms with Crippen LogP contribution in [0.5, 0.6) is 0 Å². The van der Waals surface area contributed by atoms with Gasteiger partial charge in [-0.15, -0.1) is 0 Å². The van der Waals surface area contributed by atoms with Gasteiger partial charge in [0.15, 0.2) is 0 Å². The summed E-state index contributed by atoms with van der Waals surface area (Å²) in [5.41, 5.74) is 1.32. The Hall–Kier alpha value is -3.05. The summed E-state index contributed by atoms with van der Waals surface area (Å²) in [6, 6.07) is 21.0. The Morgan fingerprint density at radius 1 is 0.931 bits per heavy atom. The summed E-state index contributed by atoms with van der Waals surface area (Å²) in [6.07, 6.45) is -2.77. The summed E-state index contributed by atoms with van der Waals surface area (Å²) in [5.74, 6) is -0.409. The van der Waals surface area contributed by atoms with Crippen LogP contribution in [-0.4, -0.2) is 5.91 Å². The first-order valence-electron chi connectivity index (χ1n) is 8.80. The third-order valence-corrected chi connectivity index (χ3v) is 4.59. The van der Waals surface area contributed by atoms with E-state index in [-0.39, 0.29) is 6.54 Å². The van der Waals surface area contributed by atoms with Gasteiger partial charge in [0.05, 0.1) is 5.56 Å². The van der Waals surface area contributed by atoms with Gasteiger partial charge in [-0.1, -0.05) is 72.3 Å². The van der Waals surface area contributed by atoms with E-state index in [4.69, 9.17) is 11.6 Å². The molecule has 29 heavy (non-hydrogen) atoms. The molecule has 0 unspecified atom stereocenters. The van der Waals surface area contributed by atoms with Gasteiger partial charge in [-0.3, -0.25) is 4.79 Å². The lowest BCUT2D eigenvalue weighted by molar-refractivity contribution is -0.137. The topological polar surface area (TPSA) is 29.1 Å². The van der Waals surface area contributed by atoms with Crippen molar-refractivity contribution in [3.63, 3.8) is 0 Å². The van der Waals surface area contributed by atoms with Gasteiger partial charge in [0.25, 0.3) is 5.91 Å². The molecule has 0 aromatic heterocycles. The van der Waals surface area contributed by atoms with E-state index in [1.807, 2.05) is 6.07 Å². The van der Waals surface area contributed by atoms with E-state index < -0.39 is 17.6 Å². The molecule has 148 valence electrons. The van der Waals surface area contributed by atoms with Crippen molar-refractivity contribution < 1.29 is 18.0 Å². The number of amides is 1. The second kappa shape index (κ2) is 8.97. The second-order valence-corrected chi connectivity index (χ2v) is 6.73. The van der Waals surface area contributed by atoms with Gasteiger partial charge < -0.3 is 5.32 Å². The third kappa shape index (κ3) is 5.48. The van der Waals surface area contributed by atoms with E-state index in [9.17, 15) is 18.0 Å². The largest absolute Gasteiger partial charge is 0.416 e. The van der Waals surface area contributed by atoms with Gasteiger partial charge in [-0.25, -0.2) is 0 Å². The van der Waals surface area contributed by atoms with E-state index in [2.05, 4.69) is 5.32 Å². The van der Waals surface area contributed by atoms with E-state index in [0.29, 0.717) is 27.3 Å². The smallest absolute Gasteiger partial charge is 0.348 e. The highest BCUT2D eigenvalue weighted by Crippen LogP contribution is 2.29. The van der Waals surface area contributed by atoms with Crippen LogP contribution >= 0.6 is 11.6 Å². The first-order valence-corrected chi connectivity index (χ1v) is 9.18. The van der Waals surface area contributed by atoms with Crippen molar-refractivity contribution in [2.75, 3.05) is 0 Å². The average Bonchev–Trinajstić information content (AvgIpc) is 2.71. The summed E-state index contributed by atoms with van der Waals surface area (Å²) in [4.78, 5) is 12.9. The fourth-order valence-corrected chi connectivity index (χ4v) is 2.97. The van der Waals surface area contributed by atoms with Crippen LogP contribution in [0.25, 0.3) is 11.6 Å². The minimum Gasteiger partial charge on any atom is -0.348 e. The molecule has 0 saturated carbocycles. The monoisotopic (exact) mass is 415 g/mol. The third-order valence-electron chi connectivity index (χ3n) is 4.24. The Kier molecular flexibility index (Phi) is 6.39. The van der Waals surface area contributed by atoms with Crippen molar-refractivity contribution >= 4 is 29.2 Å². The Balaban J connectivity index is 1.86. The molecule has 3 rings (SSSR count). The normalized spacial score (nSPS) is 11.9. The van der Waals surface area contributed by atoms with Crippen LogP contribution in [0.3, 0.4) is 0 Å². The lowest BCUT2D eigenvalue weighted by Crippen LogP contribution is -2.24. The number of carbonyl (C=O) groups excluding carboxylic acids is 1. The van der Waals surface area contributed by atoms with E-state index >= 15 is 0 Å². The first kappa shape index (κ1) is 20.7. The molecule has 0 radical (unpaired) electrons. The highest BCUT2D eigenvalue weighted by Gasteiger charge is 2.30. The van der Waals surface area contributed by atoms with Crippen LogP contribution in [0.2, 0.25) is 5.02 Å². The van der Waals surface area contributed by atoms with Crippen LogP contribution in [0.4, 0.5) is 13.2 Å². The lowest BCUT2D eigenvalue weighted by atomic mass is 10.0. The average molecular weight is 416 g/mol. The molecule has 1 N–H and O–H groups in total. The van der Waals surface area contributed by atoms with Crippen LogP contribution in [0, 0.1) is 0 Å². The molecule has 0 spiro atoms. The van der Waals surface area contributed by atoms with Crippen molar-refractivity contribution in [1.29, 1.82) is 0 Å². The molecular formula is C23H17ClF3NO. The number of alkyl halides is 3. The zero-order chi connectivity index (χ0) is 20.9.